The van der Waals surface area contributed by atoms with Gasteiger partial charge in [0.2, 0.25) is 0 Å². The molecule has 0 saturated carbocycles. The number of aliphatic hydroxyl groups excluding tert-OH is 5. The summed E-state index contributed by atoms with van der Waals surface area (Å²) in [6.45, 7) is -0.877. The minimum atomic E-state index is -1.75. The standard InChI is InChI=1S/C15H21NO7S2.2Na/c17-7-11(19)13(21)12(20)10(18)6-16(15(24)25)5-8-1-3-9(4-2-8)14(22)23;;/h1-4,10-13,17-21H,5-7H2,(H,22,23)(H,24,25);;/q;2*+1/p-2/t10-,11+,12+,13+;;/m0../s1. The number of benzene rings is 1. The molecule has 0 aliphatic heterocycles. The molecule has 4 atom stereocenters. The van der Waals surface area contributed by atoms with Crippen LogP contribution in [0.1, 0.15) is 15.9 Å². The Bertz CT molecular complexity index is 594. The van der Waals surface area contributed by atoms with Crippen molar-refractivity contribution in [3.8, 4) is 0 Å². The second-order valence-electron chi connectivity index (χ2n) is 5.43. The maximum atomic E-state index is 10.7. The number of nitrogens with zero attached hydrogens (tertiary/aromatic N) is 1. The number of carboxylic acid groups (broad SMARTS) is 1. The van der Waals surface area contributed by atoms with Gasteiger partial charge in [0.15, 0.2) is 0 Å². The first kappa shape index (κ1) is 29.8. The minimum Gasteiger partial charge on any atom is -0.545 e. The summed E-state index contributed by atoms with van der Waals surface area (Å²) in [6, 6.07) is 5.75. The van der Waals surface area contributed by atoms with Crippen LogP contribution in [0.25, 0.3) is 0 Å². The van der Waals surface area contributed by atoms with E-state index in [2.05, 4.69) is 0 Å². The largest absolute Gasteiger partial charge is 1.00 e. The Hall–Kier alpha value is 0.600. The topological polar surface area (TPSA) is 145 Å². The van der Waals surface area contributed by atoms with Gasteiger partial charge in [-0.1, -0.05) is 28.6 Å². The van der Waals surface area contributed by atoms with Crippen molar-refractivity contribution < 1.29 is 94.5 Å². The predicted octanol–water partition coefficient (Wildman–Crippen LogP) is -8.87. The molecule has 0 fully saturated rings. The Labute approximate surface area is 212 Å². The summed E-state index contributed by atoms with van der Waals surface area (Å²) in [5.41, 5.74) is 0.655. The Balaban J connectivity index is 0. The Morgan fingerprint density at radius 3 is 1.96 bits per heavy atom. The normalized spacial score (nSPS) is 14.7. The van der Waals surface area contributed by atoms with Gasteiger partial charge in [0.05, 0.1) is 18.7 Å². The number of rotatable bonds is 9. The van der Waals surface area contributed by atoms with Crippen LogP contribution in [0.3, 0.4) is 0 Å². The van der Waals surface area contributed by atoms with E-state index in [9.17, 15) is 30.3 Å². The number of aliphatic hydroxyl groups is 5. The van der Waals surface area contributed by atoms with E-state index in [4.69, 9.17) is 30.0 Å². The van der Waals surface area contributed by atoms with Crippen molar-refractivity contribution >= 4 is 35.1 Å². The third kappa shape index (κ3) is 9.77. The van der Waals surface area contributed by atoms with Crippen LogP contribution in [0.5, 0.6) is 0 Å². The number of carboxylic acids is 1. The third-order valence-corrected chi connectivity index (χ3v) is 4.07. The van der Waals surface area contributed by atoms with Gasteiger partial charge in [0.1, 0.15) is 18.3 Å². The first-order chi connectivity index (χ1) is 11.7. The molecule has 0 saturated heterocycles. The van der Waals surface area contributed by atoms with Gasteiger partial charge in [-0.15, -0.1) is 0 Å². The van der Waals surface area contributed by atoms with Gasteiger partial charge in [-0.05, 0) is 11.1 Å². The summed E-state index contributed by atoms with van der Waals surface area (Å²) in [5, 5.41) is 58.3. The molecule has 0 aromatic heterocycles. The molecule has 0 aliphatic rings. The average molecular weight is 435 g/mol. The molecule has 0 unspecified atom stereocenters. The Morgan fingerprint density at radius 1 is 1.07 bits per heavy atom. The molecule has 1 aromatic carbocycles. The molecule has 1 rings (SSSR count). The van der Waals surface area contributed by atoms with Crippen molar-refractivity contribution in [3.63, 3.8) is 0 Å². The van der Waals surface area contributed by atoms with Crippen molar-refractivity contribution in [3.05, 3.63) is 35.4 Å². The fourth-order valence-electron chi connectivity index (χ4n) is 2.07. The van der Waals surface area contributed by atoms with E-state index in [0.717, 1.165) is 0 Å². The van der Waals surface area contributed by atoms with Gasteiger partial charge in [-0.2, -0.15) is 0 Å². The number of carbonyl (C=O) groups excluding carboxylic acids is 1. The molecular formula is C15H19NNa2O7S2. The van der Waals surface area contributed by atoms with Crippen molar-refractivity contribution in [1.29, 1.82) is 0 Å². The Morgan fingerprint density at radius 2 is 1.56 bits per heavy atom. The average Bonchev–Trinajstić information content (AvgIpc) is 2.59. The maximum absolute atomic E-state index is 10.7. The summed E-state index contributed by atoms with van der Waals surface area (Å²) in [5.74, 6) is -1.31. The van der Waals surface area contributed by atoms with Crippen LogP contribution in [0, 0.1) is 0 Å². The van der Waals surface area contributed by atoms with E-state index in [1.807, 2.05) is 0 Å². The third-order valence-electron chi connectivity index (χ3n) is 3.55. The van der Waals surface area contributed by atoms with Crippen LogP contribution in [0.15, 0.2) is 24.3 Å². The van der Waals surface area contributed by atoms with E-state index in [-0.39, 0.29) is 82.1 Å². The Kier molecular flexibility index (Phi) is 16.1. The molecule has 27 heavy (non-hydrogen) atoms. The molecule has 0 radical (unpaired) electrons. The zero-order chi connectivity index (χ0) is 19.1. The fraction of sp³-hybridized carbons (Fsp3) is 0.467. The van der Waals surface area contributed by atoms with Crippen LogP contribution >= 0.6 is 12.2 Å². The number of aromatic carboxylic acids is 1. The molecule has 140 valence electrons. The zero-order valence-corrected chi connectivity index (χ0v) is 20.7. The summed E-state index contributed by atoms with van der Waals surface area (Å²) in [4.78, 5) is 12.1. The molecule has 8 nitrogen and oxygen atoms in total. The van der Waals surface area contributed by atoms with E-state index in [1.54, 1.807) is 0 Å². The molecule has 5 N–H and O–H groups in total. The number of hydrogen-bond acceptors (Lipinski definition) is 9. The fourth-order valence-corrected chi connectivity index (χ4v) is 2.35. The van der Waals surface area contributed by atoms with Crippen molar-refractivity contribution in [1.82, 2.24) is 4.90 Å². The number of carbonyl (C=O) groups is 1. The van der Waals surface area contributed by atoms with E-state index in [1.165, 1.54) is 29.2 Å². The van der Waals surface area contributed by atoms with E-state index < -0.39 is 37.0 Å². The second kappa shape index (κ2) is 14.6. The van der Waals surface area contributed by atoms with Gasteiger partial charge < -0.3 is 65.2 Å². The molecular weight excluding hydrogens is 416 g/mol. The van der Waals surface area contributed by atoms with Crippen LogP contribution < -0.4 is 64.2 Å². The van der Waals surface area contributed by atoms with Crippen LogP contribution in [-0.4, -0.2) is 78.3 Å². The first-order valence-electron chi connectivity index (χ1n) is 7.26. The van der Waals surface area contributed by atoms with Gasteiger partial charge in [0.25, 0.3) is 0 Å². The van der Waals surface area contributed by atoms with Crippen molar-refractivity contribution in [2.75, 3.05) is 13.2 Å². The summed E-state index contributed by atoms with van der Waals surface area (Å²) >= 11 is 9.84. The van der Waals surface area contributed by atoms with E-state index in [0.29, 0.717) is 5.56 Å². The van der Waals surface area contributed by atoms with E-state index >= 15 is 0 Å². The monoisotopic (exact) mass is 435 g/mol. The molecule has 12 heteroatoms. The number of thiocarbonyl (C=S) groups is 1. The van der Waals surface area contributed by atoms with Gasteiger partial charge >= 0.3 is 59.1 Å². The zero-order valence-electron chi connectivity index (χ0n) is 15.1. The predicted molar refractivity (Wildman–Crippen MR) is 92.3 cm³/mol. The quantitative estimate of drug-likeness (QED) is 0.144. The first-order valence-corrected chi connectivity index (χ1v) is 8.08. The smallest absolute Gasteiger partial charge is 0.545 e. The molecule has 0 bridgehead atoms. The summed E-state index contributed by atoms with van der Waals surface area (Å²) in [6.07, 6.45) is -6.58. The number of hydrogen-bond donors (Lipinski definition) is 5. The summed E-state index contributed by atoms with van der Waals surface area (Å²) < 4.78 is -0.00701. The van der Waals surface area contributed by atoms with Crippen LogP contribution in [0.2, 0.25) is 0 Å². The maximum Gasteiger partial charge on any atom is 1.00 e. The van der Waals surface area contributed by atoms with Crippen molar-refractivity contribution in [2.24, 2.45) is 0 Å². The molecule has 1 aromatic rings. The van der Waals surface area contributed by atoms with Crippen molar-refractivity contribution in [2.45, 2.75) is 31.0 Å². The molecule has 0 aliphatic carbocycles. The van der Waals surface area contributed by atoms with Gasteiger partial charge in [0, 0.05) is 13.1 Å². The van der Waals surface area contributed by atoms with Gasteiger partial charge in [-0.3, -0.25) is 0 Å². The minimum absolute atomic E-state index is 0. The van der Waals surface area contributed by atoms with Crippen LogP contribution in [0.4, 0.5) is 0 Å². The van der Waals surface area contributed by atoms with Gasteiger partial charge in [-0.25, -0.2) is 0 Å². The van der Waals surface area contributed by atoms with Crippen LogP contribution in [-0.2, 0) is 19.2 Å². The summed E-state index contributed by atoms with van der Waals surface area (Å²) in [7, 11) is 0. The SMILES string of the molecule is O=C([O-])c1ccc(CN(C[C@H](O)[C@@H](O)[C@H](O)[C@H](O)CO)C(=S)[S-])cc1.[Na+].[Na+]. The second-order valence-corrected chi connectivity index (χ2v) is 6.46. The molecule has 0 heterocycles. The molecule has 0 amide bonds. The molecule has 0 spiro atoms.